The fraction of sp³-hybridized carbons (Fsp3) is 0.375. The lowest BCUT2D eigenvalue weighted by Crippen LogP contribution is -2.50. The SMILES string of the molecule is O=C(NC(C(F)F)C(F)C(F)F)c1cn(-c2c(F)cc(F)cc2F)c2nc(N3CCC(O)C(O)C3)c(F)cc2c1=O. The molecule has 1 fully saturated rings. The van der Waals surface area contributed by atoms with Gasteiger partial charge >= 0.3 is 0 Å². The quantitative estimate of drug-likeness (QED) is 0.362. The van der Waals surface area contributed by atoms with Gasteiger partial charge in [-0.2, -0.15) is 0 Å². The van der Waals surface area contributed by atoms with Crippen LogP contribution in [0.25, 0.3) is 16.7 Å². The number of piperidine rings is 1. The monoisotopic (exact) mass is 598 g/mol. The summed E-state index contributed by atoms with van der Waals surface area (Å²) < 4.78 is 124. The van der Waals surface area contributed by atoms with E-state index in [0.29, 0.717) is 16.8 Å². The fourth-order valence-corrected chi connectivity index (χ4v) is 4.31. The van der Waals surface area contributed by atoms with Gasteiger partial charge in [-0.05, 0) is 12.5 Å². The number of alkyl halides is 5. The van der Waals surface area contributed by atoms with Crippen molar-refractivity contribution >= 4 is 22.8 Å². The van der Waals surface area contributed by atoms with Crippen molar-refractivity contribution < 1.29 is 54.5 Å². The van der Waals surface area contributed by atoms with E-state index in [-0.39, 0.29) is 31.6 Å². The summed E-state index contributed by atoms with van der Waals surface area (Å²) in [5.74, 6) is -8.31. The zero-order valence-corrected chi connectivity index (χ0v) is 20.3. The van der Waals surface area contributed by atoms with Gasteiger partial charge in [0.15, 0.2) is 35.1 Å². The number of hydrogen-bond acceptors (Lipinski definition) is 6. The zero-order chi connectivity index (χ0) is 30.3. The summed E-state index contributed by atoms with van der Waals surface area (Å²) in [6.07, 6.45) is -13.6. The van der Waals surface area contributed by atoms with Gasteiger partial charge in [-0.25, -0.2) is 44.5 Å². The first-order valence-corrected chi connectivity index (χ1v) is 11.7. The Hall–Kier alpha value is -3.86. The number of amides is 1. The number of fused-ring (bicyclic) bond motifs is 1. The molecule has 8 nitrogen and oxygen atoms in total. The highest BCUT2D eigenvalue weighted by Gasteiger charge is 2.38. The highest BCUT2D eigenvalue weighted by Crippen LogP contribution is 2.28. The third kappa shape index (κ3) is 5.81. The summed E-state index contributed by atoms with van der Waals surface area (Å²) in [6.45, 7) is -0.425. The standard InChI is InChI=1S/C24H19F9N4O4/c25-8-3-11(26)18(12(27)4-8)37-6-10(24(41)34-17(21(32)33)16(29)20(30)31)19(40)9-5-13(28)23(35-22(9)37)36-2-1-14(38)15(39)7-36/h3-6,14-17,20-21,38-39H,1-2,7H2,(H,34,41). The van der Waals surface area contributed by atoms with E-state index in [1.807, 2.05) is 0 Å². The predicted molar refractivity (Wildman–Crippen MR) is 124 cm³/mol. The number of benzene rings is 1. The lowest BCUT2D eigenvalue weighted by Gasteiger charge is -2.34. The number of aliphatic hydroxyl groups is 2. The number of hydrogen-bond donors (Lipinski definition) is 3. The van der Waals surface area contributed by atoms with Gasteiger partial charge < -0.3 is 20.4 Å². The van der Waals surface area contributed by atoms with Gasteiger partial charge in [-0.15, -0.1) is 0 Å². The predicted octanol–water partition coefficient (Wildman–Crippen LogP) is 2.84. The molecule has 0 aliphatic carbocycles. The third-order valence-corrected chi connectivity index (χ3v) is 6.38. The largest absolute Gasteiger partial charge is 0.390 e. The number of aromatic nitrogens is 2. The first kappa shape index (κ1) is 30.1. The van der Waals surface area contributed by atoms with E-state index in [0.717, 1.165) is 4.90 Å². The molecular weight excluding hydrogens is 579 g/mol. The number of halogens is 9. The molecule has 0 saturated carbocycles. The van der Waals surface area contributed by atoms with Crippen LogP contribution in [0.1, 0.15) is 16.8 Å². The average molecular weight is 598 g/mol. The fourth-order valence-electron chi connectivity index (χ4n) is 4.31. The minimum absolute atomic E-state index is 0.0487. The second kappa shape index (κ2) is 11.6. The number of β-amino-alcohol motifs (C(OH)–C–C–N with tert-alkyl or cyclic N) is 1. The van der Waals surface area contributed by atoms with E-state index < -0.39 is 100.0 Å². The first-order chi connectivity index (χ1) is 19.2. The van der Waals surface area contributed by atoms with Crippen LogP contribution >= 0.6 is 0 Å². The highest BCUT2D eigenvalue weighted by atomic mass is 19.3. The number of carbonyl (C=O) groups is 1. The van der Waals surface area contributed by atoms with E-state index in [9.17, 15) is 54.9 Å². The van der Waals surface area contributed by atoms with E-state index >= 15 is 4.39 Å². The maximum atomic E-state index is 15.2. The number of nitrogens with zero attached hydrogens (tertiary/aromatic N) is 3. The maximum absolute atomic E-state index is 15.2. The van der Waals surface area contributed by atoms with E-state index in [2.05, 4.69) is 4.98 Å². The van der Waals surface area contributed by atoms with Crippen molar-refractivity contribution in [3.8, 4) is 5.69 Å². The molecule has 41 heavy (non-hydrogen) atoms. The number of nitrogens with one attached hydrogen (secondary N) is 1. The van der Waals surface area contributed by atoms with Crippen molar-refractivity contribution in [1.29, 1.82) is 0 Å². The molecular formula is C24H19F9N4O4. The molecule has 0 spiro atoms. The average Bonchev–Trinajstić information content (AvgIpc) is 2.88. The Morgan fingerprint density at radius 1 is 0.951 bits per heavy atom. The van der Waals surface area contributed by atoms with Crippen molar-refractivity contribution in [3.63, 3.8) is 0 Å². The van der Waals surface area contributed by atoms with Crippen molar-refractivity contribution in [2.45, 2.75) is 43.7 Å². The Balaban J connectivity index is 1.95. The molecule has 3 N–H and O–H groups in total. The number of rotatable bonds is 7. The smallest absolute Gasteiger partial charge is 0.271 e. The van der Waals surface area contributed by atoms with Crippen LogP contribution in [0.3, 0.4) is 0 Å². The van der Waals surface area contributed by atoms with Crippen LogP contribution in [-0.2, 0) is 0 Å². The van der Waals surface area contributed by atoms with Gasteiger partial charge in [0.2, 0.25) is 5.43 Å². The number of anilines is 1. The van der Waals surface area contributed by atoms with Crippen molar-refractivity contribution in [3.05, 3.63) is 63.5 Å². The van der Waals surface area contributed by atoms with Gasteiger partial charge in [0.1, 0.15) is 23.1 Å². The van der Waals surface area contributed by atoms with E-state index in [1.54, 1.807) is 0 Å². The molecule has 4 atom stereocenters. The molecule has 17 heteroatoms. The Labute approximate surface area is 223 Å². The molecule has 0 radical (unpaired) electrons. The highest BCUT2D eigenvalue weighted by molar-refractivity contribution is 5.97. The Morgan fingerprint density at radius 2 is 1.59 bits per heavy atom. The van der Waals surface area contributed by atoms with Crippen molar-refractivity contribution in [2.75, 3.05) is 18.0 Å². The molecule has 4 unspecified atom stereocenters. The van der Waals surface area contributed by atoms with Crippen molar-refractivity contribution in [1.82, 2.24) is 14.9 Å². The summed E-state index contributed by atoms with van der Waals surface area (Å²) >= 11 is 0. The van der Waals surface area contributed by atoms with Crippen LogP contribution in [-0.4, -0.2) is 76.0 Å². The van der Waals surface area contributed by atoms with Gasteiger partial charge in [0.25, 0.3) is 18.8 Å². The second-order valence-corrected chi connectivity index (χ2v) is 9.11. The van der Waals surface area contributed by atoms with Gasteiger partial charge in [0.05, 0.1) is 17.6 Å². The normalized spacial score (nSPS) is 19.2. The number of aliphatic hydroxyl groups excluding tert-OH is 2. The lowest BCUT2D eigenvalue weighted by atomic mass is 10.0. The Kier molecular flexibility index (Phi) is 8.49. The molecule has 3 aromatic rings. The Morgan fingerprint density at radius 3 is 2.15 bits per heavy atom. The maximum Gasteiger partial charge on any atom is 0.271 e. The van der Waals surface area contributed by atoms with Gasteiger partial charge in [-0.3, -0.25) is 14.2 Å². The number of carbonyl (C=O) groups excluding carboxylic acids is 1. The summed E-state index contributed by atoms with van der Waals surface area (Å²) in [5, 5.41) is 20.1. The van der Waals surface area contributed by atoms with Crippen LogP contribution in [0.2, 0.25) is 0 Å². The van der Waals surface area contributed by atoms with Crippen LogP contribution < -0.4 is 15.6 Å². The topological polar surface area (TPSA) is 108 Å². The molecule has 0 bridgehead atoms. The Bertz CT molecular complexity index is 1510. The van der Waals surface area contributed by atoms with Gasteiger partial charge in [-0.1, -0.05) is 0 Å². The first-order valence-electron chi connectivity index (χ1n) is 11.7. The van der Waals surface area contributed by atoms with E-state index in [1.165, 1.54) is 5.32 Å². The molecule has 1 amide bonds. The summed E-state index contributed by atoms with van der Waals surface area (Å²) in [5.41, 5.74) is -4.61. The minimum atomic E-state index is -3.96. The lowest BCUT2D eigenvalue weighted by molar-refractivity contribution is -0.0201. The zero-order valence-electron chi connectivity index (χ0n) is 20.3. The summed E-state index contributed by atoms with van der Waals surface area (Å²) in [4.78, 5) is 30.9. The van der Waals surface area contributed by atoms with Crippen LogP contribution in [0.15, 0.2) is 29.2 Å². The molecule has 1 aromatic carbocycles. The molecule has 2 aromatic heterocycles. The van der Waals surface area contributed by atoms with Crippen molar-refractivity contribution in [2.24, 2.45) is 0 Å². The van der Waals surface area contributed by atoms with E-state index in [4.69, 9.17) is 0 Å². The molecule has 222 valence electrons. The third-order valence-electron chi connectivity index (χ3n) is 6.38. The number of pyridine rings is 2. The summed E-state index contributed by atoms with van der Waals surface area (Å²) in [6, 6.07) is -2.22. The molecule has 3 heterocycles. The van der Waals surface area contributed by atoms with Crippen LogP contribution in [0, 0.1) is 23.3 Å². The van der Waals surface area contributed by atoms with Crippen LogP contribution in [0.4, 0.5) is 45.3 Å². The molecule has 1 aliphatic rings. The molecule has 1 saturated heterocycles. The second-order valence-electron chi connectivity index (χ2n) is 9.11. The summed E-state index contributed by atoms with van der Waals surface area (Å²) in [7, 11) is 0. The minimum Gasteiger partial charge on any atom is -0.390 e. The van der Waals surface area contributed by atoms with Crippen LogP contribution in [0.5, 0.6) is 0 Å². The van der Waals surface area contributed by atoms with Gasteiger partial charge in [0, 0.05) is 31.4 Å². The molecule has 1 aliphatic heterocycles. The molecule has 4 rings (SSSR count).